The van der Waals surface area contributed by atoms with Crippen LogP contribution in [0, 0.1) is 0 Å². The molecule has 3 heterocycles. The SMILES string of the molecule is CC(C)(C)c1ccc2c(c1)c1cc(C(C)(C)C)ccc1n2-c1ccc([Si](c2ccccc2)(c2ccccc2)c2ccc(-c3nc(-c4ccccc4)nc(-c4ccc([Si](c5ccccc5)(c5ccccc5)c5ccc(-n6c7ccc(C(C)(C)C)cc7c7cc(C(C)(C)C)ccc76)cc5)cc4)n3)cc2)cc1. The minimum Gasteiger partial charge on any atom is -0.309 e. The van der Waals surface area contributed by atoms with Crippen LogP contribution < -0.4 is 41.5 Å². The van der Waals surface area contributed by atoms with Gasteiger partial charge in [0.1, 0.15) is 0 Å². The molecule has 13 aromatic carbocycles. The number of fused-ring (bicyclic) bond motifs is 6. The number of benzene rings is 13. The van der Waals surface area contributed by atoms with Crippen LogP contribution in [0.2, 0.25) is 0 Å². The molecule has 3 aromatic heterocycles. The molecule has 510 valence electrons. The highest BCUT2D eigenvalue weighted by molar-refractivity contribution is 7.20. The van der Waals surface area contributed by atoms with Gasteiger partial charge in [-0.25, -0.2) is 15.0 Å². The van der Waals surface area contributed by atoms with Crippen molar-refractivity contribution in [2.75, 3.05) is 0 Å². The largest absolute Gasteiger partial charge is 0.309 e. The Hall–Kier alpha value is -11.1. The first-order valence-electron chi connectivity index (χ1n) is 36.7. The summed E-state index contributed by atoms with van der Waals surface area (Å²) in [5.41, 5.74) is 15.2. The van der Waals surface area contributed by atoms with Crippen LogP contribution in [0.25, 0.3) is 89.2 Å². The molecule has 0 saturated heterocycles. The second kappa shape index (κ2) is 26.0. The maximum absolute atomic E-state index is 5.45. The van der Waals surface area contributed by atoms with E-state index in [9.17, 15) is 0 Å². The minimum absolute atomic E-state index is 0.00690. The Labute approximate surface area is 615 Å². The van der Waals surface area contributed by atoms with Crippen molar-refractivity contribution in [1.29, 1.82) is 0 Å². The standard InChI is InChI=1S/C97H89N5Si2/c1-94(2,3)69-42-58-87-83(62-69)84-63-70(95(4,5)6)43-59-88(84)101(87)73-46-54-81(55-47-73)103(75-30-20-14-21-31-75,76-32-22-15-23-33-76)79-50-38-67(39-51-79)92-98-91(66-28-18-13-19-29-66)99-93(100-92)68-40-52-80(53-41-68)104(77-34-24-16-25-35-77,78-36-26-17-27-37-78)82-56-48-74(49-57-82)102-89-60-44-71(96(7,8)9)64-85(89)86-65-72(97(10,11)12)45-61-90(86)102/h13-65H,1-12H3. The first-order valence-corrected chi connectivity index (χ1v) is 40.7. The second-order valence-electron chi connectivity index (χ2n) is 32.5. The summed E-state index contributed by atoms with van der Waals surface area (Å²) in [5, 5.41) is 15.4. The fourth-order valence-corrected chi connectivity index (χ4v) is 25.5. The lowest BCUT2D eigenvalue weighted by Gasteiger charge is -2.34. The molecule has 0 amide bonds. The summed E-state index contributed by atoms with van der Waals surface area (Å²) in [6.07, 6.45) is 0. The van der Waals surface area contributed by atoms with Crippen LogP contribution in [0.3, 0.4) is 0 Å². The van der Waals surface area contributed by atoms with E-state index in [0.717, 1.165) is 28.1 Å². The number of aromatic nitrogens is 5. The molecule has 0 unspecified atom stereocenters. The van der Waals surface area contributed by atoms with Crippen LogP contribution in [0.15, 0.2) is 322 Å². The van der Waals surface area contributed by atoms with Gasteiger partial charge in [-0.05, 0) is 158 Å². The van der Waals surface area contributed by atoms with Gasteiger partial charge in [0.05, 0.1) is 22.1 Å². The van der Waals surface area contributed by atoms with E-state index in [-0.39, 0.29) is 21.7 Å². The quantitative estimate of drug-likeness (QED) is 0.0854. The zero-order valence-corrected chi connectivity index (χ0v) is 63.8. The van der Waals surface area contributed by atoms with Gasteiger partial charge in [-0.1, -0.05) is 332 Å². The number of hydrogen-bond donors (Lipinski definition) is 0. The minimum atomic E-state index is -3.03. The van der Waals surface area contributed by atoms with Crippen molar-refractivity contribution in [2.24, 2.45) is 0 Å². The van der Waals surface area contributed by atoms with Gasteiger partial charge in [-0.3, -0.25) is 0 Å². The van der Waals surface area contributed by atoms with Gasteiger partial charge < -0.3 is 9.13 Å². The van der Waals surface area contributed by atoms with Gasteiger partial charge in [-0.15, -0.1) is 0 Å². The number of rotatable bonds is 13. The molecule has 0 saturated carbocycles. The average molecular weight is 1380 g/mol. The molecule has 5 nitrogen and oxygen atoms in total. The lowest BCUT2D eigenvalue weighted by Crippen LogP contribution is -2.74. The summed E-state index contributed by atoms with van der Waals surface area (Å²) in [7, 11) is -6.06. The van der Waals surface area contributed by atoms with Crippen molar-refractivity contribution in [1.82, 2.24) is 24.1 Å². The van der Waals surface area contributed by atoms with E-state index in [2.05, 4.69) is 408 Å². The van der Waals surface area contributed by atoms with E-state index in [1.807, 2.05) is 6.07 Å². The Balaban J connectivity index is 0.803. The van der Waals surface area contributed by atoms with Crippen LogP contribution in [0.1, 0.15) is 105 Å². The van der Waals surface area contributed by atoms with Crippen LogP contribution in [-0.2, 0) is 21.7 Å². The molecule has 0 radical (unpaired) electrons. The fraction of sp³-hybridized carbons (Fsp3) is 0.165. The van der Waals surface area contributed by atoms with E-state index in [1.54, 1.807) is 0 Å². The van der Waals surface area contributed by atoms with E-state index in [1.165, 1.54) is 107 Å². The lowest BCUT2D eigenvalue weighted by atomic mass is 9.85. The van der Waals surface area contributed by atoms with Gasteiger partial charge in [-0.2, -0.15) is 0 Å². The predicted molar refractivity (Wildman–Crippen MR) is 447 cm³/mol. The number of hydrogen-bond acceptors (Lipinski definition) is 3. The molecular weight excluding hydrogens is 1290 g/mol. The molecule has 16 aromatic rings. The maximum atomic E-state index is 5.45. The highest BCUT2D eigenvalue weighted by atomic mass is 28.3. The van der Waals surface area contributed by atoms with E-state index in [0.29, 0.717) is 17.5 Å². The molecule has 0 aliphatic heterocycles. The summed E-state index contributed by atoms with van der Waals surface area (Å²) in [6, 6.07) is 121. The smallest absolute Gasteiger partial charge is 0.179 e. The van der Waals surface area contributed by atoms with Crippen LogP contribution in [-0.4, -0.2) is 40.2 Å². The highest BCUT2D eigenvalue weighted by Gasteiger charge is 2.43. The van der Waals surface area contributed by atoms with Crippen molar-refractivity contribution < 1.29 is 0 Å². The van der Waals surface area contributed by atoms with E-state index >= 15 is 0 Å². The number of nitrogens with zero attached hydrogens (tertiary/aromatic N) is 5. The Kier molecular flexibility index (Phi) is 16.8. The first kappa shape index (κ1) is 67.4. The molecule has 0 bridgehead atoms. The van der Waals surface area contributed by atoms with Gasteiger partial charge >= 0.3 is 0 Å². The molecule has 0 spiro atoms. The van der Waals surface area contributed by atoms with Crippen molar-refractivity contribution in [3.63, 3.8) is 0 Å². The third-order valence-corrected chi connectivity index (χ3v) is 31.4. The zero-order valence-electron chi connectivity index (χ0n) is 61.8. The van der Waals surface area contributed by atoms with E-state index in [4.69, 9.17) is 15.0 Å². The van der Waals surface area contributed by atoms with Crippen LogP contribution in [0.4, 0.5) is 0 Å². The predicted octanol–water partition coefficient (Wildman–Crippen LogP) is 19.0. The first-order chi connectivity index (χ1) is 50.1. The summed E-state index contributed by atoms with van der Waals surface area (Å²) in [6.45, 7) is 27.7. The van der Waals surface area contributed by atoms with Crippen molar-refractivity contribution in [3.8, 4) is 45.5 Å². The summed E-state index contributed by atoms with van der Waals surface area (Å²) < 4.78 is 4.94. The monoisotopic (exact) mass is 1380 g/mol. The molecular formula is C97H89N5Si2. The molecule has 0 fully saturated rings. The molecule has 16 rings (SSSR count). The van der Waals surface area contributed by atoms with Gasteiger partial charge in [0.2, 0.25) is 0 Å². The van der Waals surface area contributed by atoms with Gasteiger partial charge in [0.25, 0.3) is 0 Å². The molecule has 7 heteroatoms. The third kappa shape index (κ3) is 11.9. The lowest BCUT2D eigenvalue weighted by molar-refractivity contribution is 0.590. The van der Waals surface area contributed by atoms with Crippen molar-refractivity contribution >= 4 is 101 Å². The molecule has 104 heavy (non-hydrogen) atoms. The molecule has 0 aliphatic carbocycles. The summed E-state index contributed by atoms with van der Waals surface area (Å²) in [5.74, 6) is 1.84. The van der Waals surface area contributed by atoms with Crippen LogP contribution >= 0.6 is 0 Å². The second-order valence-corrected chi connectivity index (χ2v) is 40.1. The van der Waals surface area contributed by atoms with Crippen molar-refractivity contribution in [3.05, 3.63) is 344 Å². The topological polar surface area (TPSA) is 48.5 Å². The Morgan fingerprint density at radius 1 is 0.212 bits per heavy atom. The van der Waals surface area contributed by atoms with Crippen molar-refractivity contribution in [2.45, 2.75) is 105 Å². The maximum Gasteiger partial charge on any atom is 0.179 e. The van der Waals surface area contributed by atoms with Crippen LogP contribution in [0.5, 0.6) is 0 Å². The van der Waals surface area contributed by atoms with Gasteiger partial charge in [0.15, 0.2) is 33.6 Å². The Morgan fingerprint density at radius 3 is 0.644 bits per heavy atom. The molecule has 0 atom stereocenters. The third-order valence-electron chi connectivity index (χ3n) is 21.8. The normalized spacial score (nSPS) is 12.6. The molecule has 0 aliphatic rings. The Bertz CT molecular complexity index is 5260. The van der Waals surface area contributed by atoms with Gasteiger partial charge in [0, 0.05) is 49.6 Å². The van der Waals surface area contributed by atoms with E-state index < -0.39 is 16.1 Å². The highest BCUT2D eigenvalue weighted by Crippen LogP contribution is 2.40. The average Bonchev–Trinajstić information content (AvgIpc) is 1.49. The molecule has 0 N–H and O–H groups in total. The Morgan fingerprint density at radius 2 is 0.413 bits per heavy atom. The summed E-state index contributed by atoms with van der Waals surface area (Å²) in [4.78, 5) is 16.1. The zero-order chi connectivity index (χ0) is 71.9. The summed E-state index contributed by atoms with van der Waals surface area (Å²) >= 11 is 0. The fourth-order valence-electron chi connectivity index (χ4n) is 16.0.